The molecule has 1 N–H and O–H groups in total. The van der Waals surface area contributed by atoms with Gasteiger partial charge in [-0.25, -0.2) is 0 Å². The number of carbonyl (C=O) groups excluding carboxylic acids is 2. The second kappa shape index (κ2) is 9.03. The van der Waals surface area contributed by atoms with Gasteiger partial charge in [0.05, 0.1) is 0 Å². The maximum Gasteiger partial charge on any atom is 0.251 e. The first-order valence-electron chi connectivity index (χ1n) is 10.9. The van der Waals surface area contributed by atoms with Gasteiger partial charge in [-0.2, -0.15) is 0 Å². The fraction of sp³-hybridized carbons (Fsp3) is 0.462. The van der Waals surface area contributed by atoms with Gasteiger partial charge in [-0.3, -0.25) is 9.59 Å². The molecule has 1 fully saturated rings. The van der Waals surface area contributed by atoms with Gasteiger partial charge in [0.2, 0.25) is 5.91 Å². The van der Waals surface area contributed by atoms with E-state index in [1.54, 1.807) is 0 Å². The van der Waals surface area contributed by atoms with Gasteiger partial charge in [0.15, 0.2) is 0 Å². The minimum atomic E-state index is -0.0552. The molecule has 0 unspecified atom stereocenters. The maximum atomic E-state index is 12.5. The van der Waals surface area contributed by atoms with E-state index in [1.807, 2.05) is 29.2 Å². The molecule has 0 aromatic heterocycles. The van der Waals surface area contributed by atoms with Crippen LogP contribution in [0, 0.1) is 13.8 Å². The average Bonchev–Trinajstić information content (AvgIpc) is 3.08. The number of hydrogen-bond donors (Lipinski definition) is 1. The highest BCUT2D eigenvalue weighted by molar-refractivity contribution is 5.94. The third-order valence-corrected chi connectivity index (χ3v) is 5.98. The molecular weight excluding hydrogens is 372 g/mol. The van der Waals surface area contributed by atoms with Crippen LogP contribution >= 0.6 is 0 Å². The summed E-state index contributed by atoms with van der Waals surface area (Å²) in [6, 6.07) is 12.1. The van der Waals surface area contributed by atoms with E-state index < -0.39 is 0 Å². The van der Waals surface area contributed by atoms with Crippen LogP contribution in [0.4, 0.5) is 0 Å². The Morgan fingerprint density at radius 2 is 1.70 bits per heavy atom. The summed E-state index contributed by atoms with van der Waals surface area (Å²) in [7, 11) is 0. The lowest BCUT2D eigenvalue weighted by atomic mass is 9.83. The molecule has 0 spiro atoms. The predicted octanol–water partition coefficient (Wildman–Crippen LogP) is 4.70. The first-order valence-corrected chi connectivity index (χ1v) is 10.9. The van der Waals surface area contributed by atoms with Crippen molar-refractivity contribution in [3.05, 3.63) is 69.8 Å². The van der Waals surface area contributed by atoms with Gasteiger partial charge < -0.3 is 10.2 Å². The Hall–Kier alpha value is -2.62. The minimum absolute atomic E-state index is 0.0552. The fourth-order valence-electron chi connectivity index (χ4n) is 4.08. The molecule has 0 atom stereocenters. The summed E-state index contributed by atoms with van der Waals surface area (Å²) in [4.78, 5) is 26.2. The number of hydrogen-bond acceptors (Lipinski definition) is 2. The Bertz CT molecular complexity index is 900. The predicted molar refractivity (Wildman–Crippen MR) is 122 cm³/mol. The van der Waals surface area contributed by atoms with Crippen LogP contribution in [0.5, 0.6) is 0 Å². The lowest BCUT2D eigenvalue weighted by Crippen LogP contribution is -2.26. The quantitative estimate of drug-likeness (QED) is 0.756. The summed E-state index contributed by atoms with van der Waals surface area (Å²) in [5.41, 5.74) is 7.09. The first kappa shape index (κ1) is 22.1. The van der Waals surface area contributed by atoms with Crippen molar-refractivity contribution in [3.8, 4) is 0 Å². The lowest BCUT2D eigenvalue weighted by molar-refractivity contribution is -0.128. The molecule has 0 radical (unpaired) electrons. The number of carbonyl (C=O) groups is 2. The molecule has 1 saturated heterocycles. The zero-order chi connectivity index (χ0) is 21.9. The molecule has 1 aliphatic heterocycles. The molecule has 0 bridgehead atoms. The number of nitrogens with zero attached hydrogens (tertiary/aromatic N) is 1. The molecule has 2 aromatic rings. The van der Waals surface area contributed by atoms with Gasteiger partial charge in [-0.15, -0.1) is 0 Å². The van der Waals surface area contributed by atoms with E-state index in [2.05, 4.69) is 52.1 Å². The highest BCUT2D eigenvalue weighted by atomic mass is 16.2. The smallest absolute Gasteiger partial charge is 0.251 e. The van der Waals surface area contributed by atoms with Gasteiger partial charge >= 0.3 is 0 Å². The first-order chi connectivity index (χ1) is 14.1. The molecule has 0 saturated carbocycles. The van der Waals surface area contributed by atoms with Crippen LogP contribution < -0.4 is 5.32 Å². The molecule has 160 valence electrons. The molecule has 2 amide bonds. The largest absolute Gasteiger partial charge is 0.352 e. The highest BCUT2D eigenvalue weighted by Crippen LogP contribution is 2.27. The van der Waals surface area contributed by atoms with Crippen LogP contribution in [0.2, 0.25) is 0 Å². The zero-order valence-electron chi connectivity index (χ0n) is 19.0. The molecule has 4 nitrogen and oxygen atoms in total. The van der Waals surface area contributed by atoms with Crippen LogP contribution in [-0.2, 0) is 23.2 Å². The Kier molecular flexibility index (Phi) is 6.64. The normalized spacial score (nSPS) is 14.3. The zero-order valence-corrected chi connectivity index (χ0v) is 19.0. The Morgan fingerprint density at radius 1 is 1.07 bits per heavy atom. The van der Waals surface area contributed by atoms with Gasteiger partial charge in [0, 0.05) is 31.6 Å². The summed E-state index contributed by atoms with van der Waals surface area (Å²) in [5.74, 6) is 0.165. The van der Waals surface area contributed by atoms with E-state index in [9.17, 15) is 9.59 Å². The van der Waals surface area contributed by atoms with E-state index in [1.165, 1.54) is 22.3 Å². The third kappa shape index (κ3) is 5.29. The number of benzene rings is 2. The molecular formula is C26H34N2O2. The van der Waals surface area contributed by atoms with Crippen molar-refractivity contribution < 1.29 is 9.59 Å². The van der Waals surface area contributed by atoms with E-state index in [0.29, 0.717) is 25.1 Å². The summed E-state index contributed by atoms with van der Waals surface area (Å²) in [5, 5.41) is 3.04. The van der Waals surface area contributed by atoms with E-state index >= 15 is 0 Å². The second-order valence-electron chi connectivity index (χ2n) is 9.46. The number of aryl methyl sites for hydroxylation is 2. The molecule has 3 rings (SSSR count). The van der Waals surface area contributed by atoms with Gasteiger partial charge in [-0.1, -0.05) is 45.0 Å². The van der Waals surface area contributed by atoms with Crippen LogP contribution in [0.3, 0.4) is 0 Å². The van der Waals surface area contributed by atoms with Gasteiger partial charge in [-0.05, 0) is 72.1 Å². The van der Waals surface area contributed by atoms with E-state index in [0.717, 1.165) is 24.9 Å². The summed E-state index contributed by atoms with van der Waals surface area (Å²) < 4.78 is 0. The van der Waals surface area contributed by atoms with Gasteiger partial charge in [0.25, 0.3) is 5.91 Å². The minimum Gasteiger partial charge on any atom is -0.352 e. The van der Waals surface area contributed by atoms with Crippen molar-refractivity contribution in [1.82, 2.24) is 10.2 Å². The van der Waals surface area contributed by atoms with Crippen LogP contribution in [0.25, 0.3) is 0 Å². The van der Waals surface area contributed by atoms with Crippen molar-refractivity contribution >= 4 is 11.8 Å². The molecule has 2 aromatic carbocycles. The Labute approximate surface area is 180 Å². The number of nitrogens with one attached hydrogen (secondary N) is 1. The van der Waals surface area contributed by atoms with Crippen molar-refractivity contribution in [2.24, 2.45) is 0 Å². The van der Waals surface area contributed by atoms with Crippen molar-refractivity contribution in [2.75, 3.05) is 13.1 Å². The lowest BCUT2D eigenvalue weighted by Gasteiger charge is -2.22. The van der Waals surface area contributed by atoms with Crippen LogP contribution in [-0.4, -0.2) is 29.8 Å². The highest BCUT2D eigenvalue weighted by Gasteiger charge is 2.20. The Balaban J connectivity index is 1.55. The van der Waals surface area contributed by atoms with Crippen molar-refractivity contribution in [2.45, 2.75) is 65.8 Å². The summed E-state index contributed by atoms with van der Waals surface area (Å²) in [6.45, 7) is 13.1. The average molecular weight is 407 g/mol. The summed E-state index contributed by atoms with van der Waals surface area (Å²) in [6.07, 6.45) is 2.42. The van der Waals surface area contributed by atoms with Crippen LogP contribution in [0.15, 0.2) is 36.4 Å². The Morgan fingerprint density at radius 3 is 2.23 bits per heavy atom. The fourth-order valence-corrected chi connectivity index (χ4v) is 4.08. The van der Waals surface area contributed by atoms with E-state index in [4.69, 9.17) is 0 Å². The topological polar surface area (TPSA) is 49.4 Å². The summed E-state index contributed by atoms with van der Waals surface area (Å²) >= 11 is 0. The monoisotopic (exact) mass is 406 g/mol. The molecule has 4 heteroatoms. The van der Waals surface area contributed by atoms with Crippen molar-refractivity contribution in [3.63, 3.8) is 0 Å². The number of rotatable bonds is 6. The maximum absolute atomic E-state index is 12.5. The standard InChI is InChI=1S/C26H34N2O2/c1-18-15-22(26(3,4)5)16-19(2)23(18)12-13-27-25(30)21-10-8-20(9-11-21)17-28-14-6-7-24(28)29/h8-11,15-16H,6-7,12-14,17H2,1-5H3,(H,27,30). The second-order valence-corrected chi connectivity index (χ2v) is 9.46. The third-order valence-electron chi connectivity index (χ3n) is 5.98. The SMILES string of the molecule is Cc1cc(C(C)(C)C)cc(C)c1CCNC(=O)c1ccc(CN2CCCC2=O)cc1. The molecule has 1 aliphatic rings. The van der Waals surface area contributed by atoms with Crippen LogP contribution in [0.1, 0.15) is 71.8 Å². The van der Waals surface area contributed by atoms with Crippen molar-refractivity contribution in [1.29, 1.82) is 0 Å². The molecule has 30 heavy (non-hydrogen) atoms. The number of amides is 2. The molecule has 1 heterocycles. The number of likely N-dealkylation sites (tertiary alicyclic amines) is 1. The van der Waals surface area contributed by atoms with E-state index in [-0.39, 0.29) is 17.2 Å². The molecule has 0 aliphatic carbocycles. The van der Waals surface area contributed by atoms with Gasteiger partial charge in [0.1, 0.15) is 0 Å².